The van der Waals surface area contributed by atoms with Crippen LogP contribution in [-0.4, -0.2) is 33.8 Å². The molecular formula is C13H19NO4S. The minimum atomic E-state index is -3.58. The number of aryl methyl sites for hydroxylation is 2. The number of hydrogen-bond acceptors (Lipinski definition) is 4. The average Bonchev–Trinajstić information content (AvgIpc) is 2.31. The third-order valence-corrected chi connectivity index (χ3v) is 4.08. The van der Waals surface area contributed by atoms with Crippen molar-refractivity contribution in [3.8, 4) is 0 Å². The molecular weight excluding hydrogens is 266 g/mol. The average molecular weight is 285 g/mol. The van der Waals surface area contributed by atoms with Crippen LogP contribution in [0.5, 0.6) is 0 Å². The van der Waals surface area contributed by atoms with Gasteiger partial charge >= 0.3 is 5.97 Å². The second-order valence-corrected chi connectivity index (χ2v) is 6.41. The van der Waals surface area contributed by atoms with Gasteiger partial charge in [0.1, 0.15) is 6.04 Å². The Morgan fingerprint density at radius 3 is 2.37 bits per heavy atom. The highest BCUT2D eigenvalue weighted by atomic mass is 32.2. The van der Waals surface area contributed by atoms with Crippen LogP contribution in [0.25, 0.3) is 0 Å². The SMILES string of the molecule is COC(=O)[C@H](C)N(c1cc(C)ccc1C)S(C)(=O)=O. The van der Waals surface area contributed by atoms with E-state index in [2.05, 4.69) is 4.74 Å². The van der Waals surface area contributed by atoms with Crippen LogP contribution in [0.4, 0.5) is 5.69 Å². The van der Waals surface area contributed by atoms with E-state index in [-0.39, 0.29) is 0 Å². The molecule has 0 N–H and O–H groups in total. The summed E-state index contributed by atoms with van der Waals surface area (Å²) in [6.07, 6.45) is 1.08. The van der Waals surface area contributed by atoms with E-state index in [9.17, 15) is 13.2 Å². The lowest BCUT2D eigenvalue weighted by atomic mass is 10.1. The maximum absolute atomic E-state index is 12.0. The summed E-state index contributed by atoms with van der Waals surface area (Å²) in [5.41, 5.74) is 2.21. The molecule has 0 aromatic heterocycles. The van der Waals surface area contributed by atoms with Crippen molar-refractivity contribution in [3.63, 3.8) is 0 Å². The van der Waals surface area contributed by atoms with Crippen LogP contribution in [0.1, 0.15) is 18.1 Å². The molecule has 0 saturated heterocycles. The number of anilines is 1. The van der Waals surface area contributed by atoms with Gasteiger partial charge in [0, 0.05) is 0 Å². The van der Waals surface area contributed by atoms with Crippen molar-refractivity contribution < 1.29 is 17.9 Å². The molecule has 0 saturated carbocycles. The topological polar surface area (TPSA) is 63.7 Å². The Balaban J connectivity index is 3.41. The van der Waals surface area contributed by atoms with Crippen molar-refractivity contribution in [1.82, 2.24) is 0 Å². The van der Waals surface area contributed by atoms with Crippen LogP contribution in [0, 0.1) is 13.8 Å². The van der Waals surface area contributed by atoms with Gasteiger partial charge in [0.15, 0.2) is 0 Å². The zero-order valence-corrected chi connectivity index (χ0v) is 12.6. The second kappa shape index (κ2) is 5.61. The Bertz CT molecular complexity index is 580. The number of methoxy groups -OCH3 is 1. The summed E-state index contributed by atoms with van der Waals surface area (Å²) in [7, 11) is -2.34. The minimum Gasteiger partial charge on any atom is -0.467 e. The third kappa shape index (κ3) is 3.47. The first-order chi connectivity index (χ1) is 8.68. The van der Waals surface area contributed by atoms with E-state index in [0.29, 0.717) is 5.69 Å². The largest absolute Gasteiger partial charge is 0.467 e. The first kappa shape index (κ1) is 15.5. The highest BCUT2D eigenvalue weighted by Gasteiger charge is 2.30. The van der Waals surface area contributed by atoms with Crippen molar-refractivity contribution >= 4 is 21.7 Å². The molecule has 106 valence electrons. The van der Waals surface area contributed by atoms with Crippen molar-refractivity contribution in [2.45, 2.75) is 26.8 Å². The molecule has 0 spiro atoms. The van der Waals surface area contributed by atoms with Gasteiger partial charge < -0.3 is 4.74 Å². The van der Waals surface area contributed by atoms with Crippen molar-refractivity contribution in [1.29, 1.82) is 0 Å². The molecule has 0 aliphatic heterocycles. The quantitative estimate of drug-likeness (QED) is 0.789. The van der Waals surface area contributed by atoms with Gasteiger partial charge in [-0.25, -0.2) is 13.2 Å². The van der Waals surface area contributed by atoms with Gasteiger partial charge in [-0.15, -0.1) is 0 Å². The smallest absolute Gasteiger partial charge is 0.329 e. The van der Waals surface area contributed by atoms with Gasteiger partial charge in [-0.05, 0) is 38.0 Å². The zero-order valence-electron chi connectivity index (χ0n) is 11.8. The monoisotopic (exact) mass is 285 g/mol. The van der Waals surface area contributed by atoms with E-state index in [1.807, 2.05) is 19.1 Å². The van der Waals surface area contributed by atoms with E-state index in [1.165, 1.54) is 14.0 Å². The number of sulfonamides is 1. The number of ether oxygens (including phenoxy) is 1. The number of esters is 1. The summed E-state index contributed by atoms with van der Waals surface area (Å²) in [6.45, 7) is 5.18. The lowest BCUT2D eigenvalue weighted by Crippen LogP contribution is -2.43. The molecule has 0 amide bonds. The number of carbonyl (C=O) groups excluding carboxylic acids is 1. The lowest BCUT2D eigenvalue weighted by molar-refractivity contribution is -0.141. The highest BCUT2D eigenvalue weighted by Crippen LogP contribution is 2.26. The Morgan fingerprint density at radius 2 is 1.89 bits per heavy atom. The molecule has 0 heterocycles. The number of hydrogen-bond donors (Lipinski definition) is 0. The lowest BCUT2D eigenvalue weighted by Gasteiger charge is -2.28. The van der Waals surface area contributed by atoms with E-state index in [1.54, 1.807) is 13.0 Å². The van der Waals surface area contributed by atoms with E-state index in [4.69, 9.17) is 0 Å². The van der Waals surface area contributed by atoms with Crippen LogP contribution in [0.2, 0.25) is 0 Å². The normalized spacial score (nSPS) is 12.9. The van der Waals surface area contributed by atoms with Gasteiger partial charge in [0.25, 0.3) is 0 Å². The van der Waals surface area contributed by atoms with E-state index >= 15 is 0 Å². The summed E-state index contributed by atoms with van der Waals surface area (Å²) in [4.78, 5) is 11.6. The summed E-state index contributed by atoms with van der Waals surface area (Å²) in [6, 6.07) is 4.56. The molecule has 1 aromatic rings. The molecule has 0 unspecified atom stereocenters. The second-order valence-electron chi connectivity index (χ2n) is 4.55. The van der Waals surface area contributed by atoms with Crippen molar-refractivity contribution in [2.24, 2.45) is 0 Å². The first-order valence-electron chi connectivity index (χ1n) is 5.83. The van der Waals surface area contributed by atoms with Gasteiger partial charge in [-0.1, -0.05) is 12.1 Å². The molecule has 1 rings (SSSR count). The van der Waals surface area contributed by atoms with Gasteiger partial charge in [-0.2, -0.15) is 0 Å². The molecule has 19 heavy (non-hydrogen) atoms. The third-order valence-electron chi connectivity index (χ3n) is 2.85. The Morgan fingerprint density at radius 1 is 1.32 bits per heavy atom. The van der Waals surface area contributed by atoms with Crippen LogP contribution in [0.15, 0.2) is 18.2 Å². The van der Waals surface area contributed by atoms with Crippen LogP contribution in [0.3, 0.4) is 0 Å². The van der Waals surface area contributed by atoms with Gasteiger partial charge in [-0.3, -0.25) is 4.31 Å². The zero-order chi connectivity index (χ0) is 14.8. The van der Waals surface area contributed by atoms with Crippen molar-refractivity contribution in [3.05, 3.63) is 29.3 Å². The molecule has 0 radical (unpaired) electrons. The molecule has 0 aliphatic rings. The summed E-state index contributed by atoms with van der Waals surface area (Å²) < 4.78 is 29.7. The van der Waals surface area contributed by atoms with E-state index in [0.717, 1.165) is 21.7 Å². The standard InChI is InChI=1S/C13H19NO4S/c1-9-6-7-10(2)12(8-9)14(19(5,16)17)11(3)13(15)18-4/h6-8,11H,1-5H3/t11-/m0/s1. The van der Waals surface area contributed by atoms with Gasteiger partial charge in [0.2, 0.25) is 10.0 Å². The highest BCUT2D eigenvalue weighted by molar-refractivity contribution is 7.92. The van der Waals surface area contributed by atoms with Crippen molar-refractivity contribution in [2.75, 3.05) is 17.7 Å². The van der Waals surface area contributed by atoms with E-state index < -0.39 is 22.0 Å². The molecule has 1 aromatic carbocycles. The minimum absolute atomic E-state index is 0.500. The summed E-state index contributed by atoms with van der Waals surface area (Å²) >= 11 is 0. The Kier molecular flexibility index (Phi) is 4.57. The summed E-state index contributed by atoms with van der Waals surface area (Å²) in [5.74, 6) is -0.591. The molecule has 0 fully saturated rings. The Labute approximate surface area is 114 Å². The fourth-order valence-corrected chi connectivity index (χ4v) is 3.11. The van der Waals surface area contributed by atoms with Crippen LogP contribution >= 0.6 is 0 Å². The summed E-state index contributed by atoms with van der Waals surface area (Å²) in [5, 5.41) is 0. The first-order valence-corrected chi connectivity index (χ1v) is 7.67. The number of carbonyl (C=O) groups is 1. The number of nitrogens with zero attached hydrogens (tertiary/aromatic N) is 1. The predicted molar refractivity (Wildman–Crippen MR) is 74.7 cm³/mol. The fraction of sp³-hybridized carbons (Fsp3) is 0.462. The fourth-order valence-electron chi connectivity index (χ4n) is 1.90. The molecule has 5 nitrogen and oxygen atoms in total. The Hall–Kier alpha value is -1.56. The molecule has 6 heteroatoms. The predicted octanol–water partition coefficient (Wildman–Crippen LogP) is 1.63. The number of rotatable bonds is 4. The van der Waals surface area contributed by atoms with Crippen LogP contribution in [-0.2, 0) is 19.6 Å². The molecule has 1 atom stereocenters. The number of benzene rings is 1. The molecule has 0 aliphatic carbocycles. The maximum Gasteiger partial charge on any atom is 0.329 e. The van der Waals surface area contributed by atoms with Crippen LogP contribution < -0.4 is 4.31 Å². The maximum atomic E-state index is 12.0. The molecule has 0 bridgehead atoms. The van der Waals surface area contributed by atoms with Gasteiger partial charge in [0.05, 0.1) is 19.1 Å².